The first kappa shape index (κ1) is 17.7. The van der Waals surface area contributed by atoms with Crippen LogP contribution < -0.4 is 0 Å². The van der Waals surface area contributed by atoms with Gasteiger partial charge in [-0.1, -0.05) is 0 Å². The van der Waals surface area contributed by atoms with E-state index in [1.54, 1.807) is 11.8 Å². The van der Waals surface area contributed by atoms with Gasteiger partial charge in [0, 0.05) is 62.8 Å². The molecule has 5 nitrogen and oxygen atoms in total. The summed E-state index contributed by atoms with van der Waals surface area (Å²) < 4.78 is 5.39. The fourth-order valence-corrected chi connectivity index (χ4v) is 3.61. The predicted molar refractivity (Wildman–Crippen MR) is 97.8 cm³/mol. The van der Waals surface area contributed by atoms with Crippen LogP contribution in [-0.4, -0.2) is 92.4 Å². The average Bonchev–Trinajstić information content (AvgIpc) is 2.67. The molecular formula is C18H27N3O2S. The summed E-state index contributed by atoms with van der Waals surface area (Å²) in [5.41, 5.74) is 0.801. The highest BCUT2D eigenvalue weighted by Gasteiger charge is 2.22. The molecule has 2 aliphatic heterocycles. The van der Waals surface area contributed by atoms with Crippen LogP contribution in [-0.2, 0) is 4.74 Å². The van der Waals surface area contributed by atoms with Crippen molar-refractivity contribution >= 4 is 17.7 Å². The highest BCUT2D eigenvalue weighted by molar-refractivity contribution is 7.98. The third-order valence-corrected chi connectivity index (χ3v) is 5.58. The third-order valence-electron chi connectivity index (χ3n) is 4.83. The summed E-state index contributed by atoms with van der Waals surface area (Å²) in [7, 11) is 0. The van der Waals surface area contributed by atoms with E-state index in [0.717, 1.165) is 71.1 Å². The first-order chi connectivity index (χ1) is 11.8. The van der Waals surface area contributed by atoms with E-state index in [-0.39, 0.29) is 5.91 Å². The van der Waals surface area contributed by atoms with Gasteiger partial charge in [0.15, 0.2) is 0 Å². The van der Waals surface area contributed by atoms with Gasteiger partial charge in [0.1, 0.15) is 0 Å². The molecule has 1 aromatic rings. The number of carbonyl (C=O) groups excluding carboxylic acids is 1. The second-order valence-electron chi connectivity index (χ2n) is 6.32. The number of thioether (sulfide) groups is 1. The second kappa shape index (κ2) is 8.85. The normalized spacial score (nSPS) is 20.3. The third kappa shape index (κ3) is 4.72. The van der Waals surface area contributed by atoms with Gasteiger partial charge in [-0.25, -0.2) is 0 Å². The Balaban J connectivity index is 1.43. The van der Waals surface area contributed by atoms with Crippen molar-refractivity contribution in [1.82, 2.24) is 14.7 Å². The van der Waals surface area contributed by atoms with E-state index < -0.39 is 0 Å². The van der Waals surface area contributed by atoms with E-state index in [2.05, 4.69) is 9.80 Å². The number of amides is 1. The summed E-state index contributed by atoms with van der Waals surface area (Å²) in [6.07, 6.45) is 2.05. The second-order valence-corrected chi connectivity index (χ2v) is 7.20. The number of benzene rings is 1. The van der Waals surface area contributed by atoms with Crippen molar-refractivity contribution in [3.8, 4) is 0 Å². The van der Waals surface area contributed by atoms with Crippen LogP contribution in [0.2, 0.25) is 0 Å². The summed E-state index contributed by atoms with van der Waals surface area (Å²) in [5, 5.41) is 0. The molecule has 6 heteroatoms. The van der Waals surface area contributed by atoms with Gasteiger partial charge in [-0.05, 0) is 30.5 Å². The zero-order valence-electron chi connectivity index (χ0n) is 14.4. The van der Waals surface area contributed by atoms with E-state index in [9.17, 15) is 4.79 Å². The van der Waals surface area contributed by atoms with Gasteiger partial charge >= 0.3 is 0 Å². The summed E-state index contributed by atoms with van der Waals surface area (Å²) in [4.78, 5) is 20.7. The predicted octanol–water partition coefficient (Wildman–Crippen LogP) is 1.50. The molecule has 1 aromatic carbocycles. The number of piperazine rings is 1. The zero-order valence-corrected chi connectivity index (χ0v) is 15.3. The average molecular weight is 350 g/mol. The van der Waals surface area contributed by atoms with Crippen molar-refractivity contribution in [1.29, 1.82) is 0 Å². The lowest BCUT2D eigenvalue weighted by molar-refractivity contribution is 0.0293. The first-order valence-electron chi connectivity index (χ1n) is 8.72. The number of ether oxygens (including phenoxy) is 1. The molecule has 0 radical (unpaired) electrons. The van der Waals surface area contributed by atoms with Crippen LogP contribution in [0.4, 0.5) is 0 Å². The van der Waals surface area contributed by atoms with Gasteiger partial charge in [-0.15, -0.1) is 11.8 Å². The number of morpholine rings is 1. The Morgan fingerprint density at radius 2 is 1.54 bits per heavy atom. The number of carbonyl (C=O) groups is 1. The lowest BCUT2D eigenvalue weighted by atomic mass is 10.2. The largest absolute Gasteiger partial charge is 0.379 e. The molecule has 0 aliphatic carbocycles. The molecule has 2 saturated heterocycles. The minimum atomic E-state index is 0.162. The van der Waals surface area contributed by atoms with Crippen molar-refractivity contribution in [2.24, 2.45) is 0 Å². The fourth-order valence-electron chi connectivity index (χ4n) is 3.20. The van der Waals surface area contributed by atoms with E-state index in [1.807, 2.05) is 35.4 Å². The van der Waals surface area contributed by atoms with Gasteiger partial charge in [-0.3, -0.25) is 14.6 Å². The maximum atomic E-state index is 12.6. The molecule has 0 spiro atoms. The molecule has 0 atom stereocenters. The fraction of sp³-hybridized carbons (Fsp3) is 0.611. The van der Waals surface area contributed by atoms with E-state index in [4.69, 9.17) is 4.74 Å². The summed E-state index contributed by atoms with van der Waals surface area (Å²) in [6.45, 7) is 9.60. The molecule has 2 heterocycles. The van der Waals surface area contributed by atoms with E-state index in [1.165, 1.54) is 4.90 Å². The van der Waals surface area contributed by atoms with Crippen LogP contribution in [0, 0.1) is 0 Å². The Morgan fingerprint density at radius 1 is 0.958 bits per heavy atom. The Kier molecular flexibility index (Phi) is 6.54. The Labute approximate surface area is 148 Å². The van der Waals surface area contributed by atoms with Gasteiger partial charge in [0.2, 0.25) is 0 Å². The maximum Gasteiger partial charge on any atom is 0.253 e. The lowest BCUT2D eigenvalue weighted by Gasteiger charge is -2.36. The molecule has 1 amide bonds. The first-order valence-corrected chi connectivity index (χ1v) is 9.94. The molecule has 3 rings (SSSR count). The topological polar surface area (TPSA) is 36.0 Å². The van der Waals surface area contributed by atoms with Crippen LogP contribution in [0.15, 0.2) is 29.2 Å². The van der Waals surface area contributed by atoms with Crippen LogP contribution in [0.3, 0.4) is 0 Å². The number of hydrogen-bond donors (Lipinski definition) is 0. The minimum absolute atomic E-state index is 0.162. The Bertz CT molecular complexity index is 524. The van der Waals surface area contributed by atoms with Gasteiger partial charge in [0.05, 0.1) is 13.2 Å². The lowest BCUT2D eigenvalue weighted by Crippen LogP contribution is -2.51. The van der Waals surface area contributed by atoms with Crippen LogP contribution in [0.1, 0.15) is 10.4 Å². The monoisotopic (exact) mass is 349 g/mol. The molecule has 0 aromatic heterocycles. The highest BCUT2D eigenvalue weighted by Crippen LogP contribution is 2.16. The smallest absolute Gasteiger partial charge is 0.253 e. The van der Waals surface area contributed by atoms with Crippen molar-refractivity contribution < 1.29 is 9.53 Å². The Hall–Kier alpha value is -1.08. The maximum absolute atomic E-state index is 12.6. The van der Waals surface area contributed by atoms with E-state index >= 15 is 0 Å². The van der Waals surface area contributed by atoms with Crippen molar-refractivity contribution in [3.05, 3.63) is 29.8 Å². The van der Waals surface area contributed by atoms with Gasteiger partial charge < -0.3 is 9.64 Å². The SMILES string of the molecule is CSc1ccc(C(=O)N2CCN(CCN3CCOCC3)CC2)cc1. The van der Waals surface area contributed by atoms with E-state index in [0.29, 0.717) is 0 Å². The van der Waals surface area contributed by atoms with Crippen molar-refractivity contribution in [2.45, 2.75) is 4.90 Å². The zero-order chi connectivity index (χ0) is 16.8. The molecular weight excluding hydrogens is 322 g/mol. The van der Waals surface area contributed by atoms with Crippen molar-refractivity contribution in [2.75, 3.05) is 71.8 Å². The molecule has 2 aliphatic rings. The van der Waals surface area contributed by atoms with Gasteiger partial charge in [-0.2, -0.15) is 0 Å². The Morgan fingerprint density at radius 3 is 2.12 bits per heavy atom. The molecule has 2 fully saturated rings. The summed E-state index contributed by atoms with van der Waals surface area (Å²) >= 11 is 1.70. The minimum Gasteiger partial charge on any atom is -0.379 e. The number of hydrogen-bond acceptors (Lipinski definition) is 5. The summed E-state index contributed by atoms with van der Waals surface area (Å²) in [5.74, 6) is 0.162. The number of rotatable bonds is 5. The molecule has 0 bridgehead atoms. The molecule has 132 valence electrons. The van der Waals surface area contributed by atoms with Crippen molar-refractivity contribution in [3.63, 3.8) is 0 Å². The van der Waals surface area contributed by atoms with Crippen LogP contribution in [0.5, 0.6) is 0 Å². The standard InChI is InChI=1S/C18H27N3O2S/c1-24-17-4-2-16(3-5-17)18(22)21-10-8-19(9-11-21)6-7-20-12-14-23-15-13-20/h2-5H,6-15H2,1H3. The molecule has 0 saturated carbocycles. The number of nitrogens with zero attached hydrogens (tertiary/aromatic N) is 3. The molecule has 24 heavy (non-hydrogen) atoms. The molecule has 0 unspecified atom stereocenters. The van der Waals surface area contributed by atoms with Crippen LogP contribution in [0.25, 0.3) is 0 Å². The quantitative estimate of drug-likeness (QED) is 0.753. The van der Waals surface area contributed by atoms with Gasteiger partial charge in [0.25, 0.3) is 5.91 Å². The highest BCUT2D eigenvalue weighted by atomic mass is 32.2. The molecule has 0 N–H and O–H groups in total. The summed E-state index contributed by atoms with van der Waals surface area (Å²) in [6, 6.07) is 7.94. The van der Waals surface area contributed by atoms with Crippen LogP contribution >= 0.6 is 11.8 Å².